The number of nitrogens with one attached hydrogen (secondary N) is 1. The highest BCUT2D eigenvalue weighted by atomic mass is 35.5. The van der Waals surface area contributed by atoms with Gasteiger partial charge in [0.1, 0.15) is 5.65 Å². The molecule has 1 amide bonds. The van der Waals surface area contributed by atoms with Crippen molar-refractivity contribution in [3.05, 3.63) is 70.8 Å². The molecule has 0 aliphatic rings. The number of halogens is 1. The number of fused-ring (bicyclic) bond motifs is 2. The summed E-state index contributed by atoms with van der Waals surface area (Å²) in [7, 11) is 1.92. The minimum atomic E-state index is -0.274. The first-order valence-electron chi connectivity index (χ1n) is 8.13. The maximum atomic E-state index is 11.5. The number of rotatable bonds is 2. The molecule has 0 aliphatic carbocycles. The zero-order chi connectivity index (χ0) is 19.0. The molecule has 1 N–H and O–H groups in total. The predicted octanol–water partition coefficient (Wildman–Crippen LogP) is 4.97. The van der Waals surface area contributed by atoms with Crippen LogP contribution < -0.4 is 5.32 Å². The van der Waals surface area contributed by atoms with E-state index in [4.69, 9.17) is 11.6 Å². The van der Waals surface area contributed by atoms with E-state index >= 15 is 0 Å². The summed E-state index contributed by atoms with van der Waals surface area (Å²) in [5, 5.41) is 5.42. The summed E-state index contributed by atoms with van der Waals surface area (Å²) >= 11 is 7.68. The van der Waals surface area contributed by atoms with Crippen LogP contribution in [0.15, 0.2) is 55.4 Å². The summed E-state index contributed by atoms with van der Waals surface area (Å²) in [6, 6.07) is 9.74. The molecule has 0 fully saturated rings. The fraction of sp³-hybridized carbons (Fsp3) is 0.0476. The number of benzene rings is 1. The zero-order valence-electron chi connectivity index (χ0n) is 14.4. The molecule has 0 spiro atoms. The van der Waals surface area contributed by atoms with Gasteiger partial charge in [0, 0.05) is 28.4 Å². The molecule has 3 heterocycles. The molecule has 0 aliphatic heterocycles. The fourth-order valence-corrected chi connectivity index (χ4v) is 3.90. The number of hydrogen-bond donors (Lipinski definition) is 1. The number of anilines is 1. The van der Waals surface area contributed by atoms with Crippen LogP contribution in [-0.2, 0) is 11.8 Å². The molecule has 27 heavy (non-hydrogen) atoms. The van der Waals surface area contributed by atoms with Gasteiger partial charge in [-0.2, -0.15) is 0 Å². The van der Waals surface area contributed by atoms with Gasteiger partial charge in [0.2, 0.25) is 5.91 Å². The number of nitrogens with zero attached hydrogens (tertiary/aromatic N) is 2. The smallest absolute Gasteiger partial charge is 0.247 e. The van der Waals surface area contributed by atoms with Crippen LogP contribution >= 0.6 is 22.9 Å². The molecule has 132 valence electrons. The molecule has 0 atom stereocenters. The van der Waals surface area contributed by atoms with E-state index in [0.29, 0.717) is 10.7 Å². The second kappa shape index (κ2) is 6.92. The Labute approximate surface area is 165 Å². The van der Waals surface area contributed by atoms with Crippen LogP contribution in [0.25, 0.3) is 21.1 Å². The van der Waals surface area contributed by atoms with Gasteiger partial charge in [-0.05, 0) is 41.8 Å². The van der Waals surface area contributed by atoms with E-state index in [1.165, 1.54) is 6.08 Å². The Morgan fingerprint density at radius 3 is 3.00 bits per heavy atom. The van der Waals surface area contributed by atoms with Crippen molar-refractivity contribution in [1.29, 1.82) is 0 Å². The first-order chi connectivity index (χ1) is 13.0. The van der Waals surface area contributed by atoms with Crippen molar-refractivity contribution in [3.63, 3.8) is 0 Å². The largest absolute Gasteiger partial charge is 0.334 e. The van der Waals surface area contributed by atoms with Crippen LogP contribution in [-0.4, -0.2) is 15.5 Å². The number of aromatic nitrogens is 2. The highest BCUT2D eigenvalue weighted by molar-refractivity contribution is 7.19. The van der Waals surface area contributed by atoms with Gasteiger partial charge in [-0.25, -0.2) is 4.98 Å². The van der Waals surface area contributed by atoms with E-state index in [1.807, 2.05) is 48.1 Å². The van der Waals surface area contributed by atoms with E-state index in [0.717, 1.165) is 31.6 Å². The van der Waals surface area contributed by atoms with Crippen molar-refractivity contribution in [3.8, 4) is 11.8 Å². The Kier molecular flexibility index (Phi) is 4.44. The topological polar surface area (TPSA) is 46.9 Å². The maximum Gasteiger partial charge on any atom is 0.247 e. The van der Waals surface area contributed by atoms with Crippen molar-refractivity contribution >= 4 is 55.7 Å². The Morgan fingerprint density at radius 1 is 1.33 bits per heavy atom. The molecule has 4 rings (SSSR count). The molecule has 3 aromatic heterocycles. The Hall–Kier alpha value is -3.07. The summed E-state index contributed by atoms with van der Waals surface area (Å²) in [5.41, 5.74) is 2.27. The number of hydrogen-bond acceptors (Lipinski definition) is 3. The van der Waals surface area contributed by atoms with Crippen molar-refractivity contribution < 1.29 is 4.79 Å². The zero-order valence-corrected chi connectivity index (χ0v) is 16.0. The average Bonchev–Trinajstić information content (AvgIpc) is 3.20. The minimum absolute atomic E-state index is 0.274. The van der Waals surface area contributed by atoms with E-state index in [-0.39, 0.29) is 5.91 Å². The second-order valence-corrected chi connectivity index (χ2v) is 7.51. The lowest BCUT2D eigenvalue weighted by atomic mass is 10.2. The number of thiophene rings is 1. The quantitative estimate of drug-likeness (QED) is 0.387. The van der Waals surface area contributed by atoms with Crippen LogP contribution in [0.3, 0.4) is 0 Å². The Bertz CT molecular complexity index is 1270. The summed E-state index contributed by atoms with van der Waals surface area (Å²) < 4.78 is 3.07. The number of aryl methyl sites for hydroxylation is 1. The molecular weight excluding hydrogens is 378 g/mol. The van der Waals surface area contributed by atoms with Gasteiger partial charge >= 0.3 is 0 Å². The van der Waals surface area contributed by atoms with Crippen molar-refractivity contribution in [2.24, 2.45) is 7.05 Å². The van der Waals surface area contributed by atoms with E-state index < -0.39 is 0 Å². The fourth-order valence-electron chi connectivity index (χ4n) is 2.83. The van der Waals surface area contributed by atoms with Gasteiger partial charge in [-0.15, -0.1) is 11.3 Å². The first-order valence-corrected chi connectivity index (χ1v) is 9.32. The molecule has 0 saturated heterocycles. The van der Waals surface area contributed by atoms with Crippen LogP contribution in [0.1, 0.15) is 10.4 Å². The molecule has 6 heteroatoms. The molecule has 1 aromatic carbocycles. The highest BCUT2D eigenvalue weighted by Crippen LogP contribution is 2.28. The van der Waals surface area contributed by atoms with Gasteiger partial charge < -0.3 is 9.88 Å². The summed E-state index contributed by atoms with van der Waals surface area (Å²) in [6.45, 7) is 3.46. The minimum Gasteiger partial charge on any atom is -0.334 e. The molecule has 0 radical (unpaired) electrons. The van der Waals surface area contributed by atoms with Crippen LogP contribution in [0.2, 0.25) is 5.02 Å². The summed E-state index contributed by atoms with van der Waals surface area (Å²) in [5.74, 6) is 6.18. The lowest BCUT2D eigenvalue weighted by Gasteiger charge is -2.02. The molecule has 4 nitrogen and oxygen atoms in total. The van der Waals surface area contributed by atoms with Gasteiger partial charge in [0.05, 0.1) is 22.3 Å². The third-order valence-corrected chi connectivity index (χ3v) is 5.33. The summed E-state index contributed by atoms with van der Waals surface area (Å²) in [4.78, 5) is 16.9. The third kappa shape index (κ3) is 3.45. The highest BCUT2D eigenvalue weighted by Gasteiger charge is 2.08. The van der Waals surface area contributed by atoms with E-state index in [1.54, 1.807) is 17.5 Å². The normalized spacial score (nSPS) is 10.6. The molecule has 0 bridgehead atoms. The number of carbonyl (C=O) groups is 1. The van der Waals surface area contributed by atoms with E-state index in [9.17, 15) is 4.79 Å². The lowest BCUT2D eigenvalue weighted by Crippen LogP contribution is -2.07. The van der Waals surface area contributed by atoms with Gasteiger partial charge in [0.15, 0.2) is 0 Å². The van der Waals surface area contributed by atoms with Crippen LogP contribution in [0.5, 0.6) is 0 Å². The van der Waals surface area contributed by atoms with Gasteiger partial charge in [-0.3, -0.25) is 4.79 Å². The van der Waals surface area contributed by atoms with Crippen molar-refractivity contribution in [2.75, 3.05) is 5.32 Å². The van der Waals surface area contributed by atoms with Crippen molar-refractivity contribution in [1.82, 2.24) is 9.55 Å². The number of carbonyl (C=O) groups excluding carboxylic acids is 1. The second-order valence-electron chi connectivity index (χ2n) is 5.99. The number of amides is 1. The first kappa shape index (κ1) is 17.3. The molecule has 0 unspecified atom stereocenters. The van der Waals surface area contributed by atoms with Crippen LogP contribution in [0.4, 0.5) is 5.69 Å². The molecule has 4 aromatic rings. The monoisotopic (exact) mass is 391 g/mol. The molecular formula is C21H14ClN3OS. The summed E-state index contributed by atoms with van der Waals surface area (Å²) in [6.07, 6.45) is 4.79. The predicted molar refractivity (Wildman–Crippen MR) is 112 cm³/mol. The third-order valence-electron chi connectivity index (χ3n) is 4.07. The number of pyridine rings is 1. The Balaban J connectivity index is 1.74. The van der Waals surface area contributed by atoms with Crippen molar-refractivity contribution in [2.45, 2.75) is 0 Å². The van der Waals surface area contributed by atoms with Gasteiger partial charge in [0.25, 0.3) is 0 Å². The van der Waals surface area contributed by atoms with Crippen LogP contribution in [0, 0.1) is 11.8 Å². The van der Waals surface area contributed by atoms with E-state index in [2.05, 4.69) is 28.7 Å². The lowest BCUT2D eigenvalue weighted by molar-refractivity contribution is -0.111. The van der Waals surface area contributed by atoms with Gasteiger partial charge in [-0.1, -0.05) is 30.0 Å². The maximum absolute atomic E-state index is 11.5. The standard InChI is InChI=1S/C21H14ClN3OS/c1-3-20(26)24-16-10-18-13(12-25(2)21(18)23-11-16)4-6-17-9-14-8-15(22)5-7-19(14)27-17/h3,5,7-12H,1H2,2H3,(H,24,26). The average molecular weight is 392 g/mol. The SMILES string of the molecule is C=CC(=O)Nc1cnc2c(c1)c(C#Cc1cc3cc(Cl)ccc3s1)cn2C. The Morgan fingerprint density at radius 2 is 2.19 bits per heavy atom. The molecule has 0 saturated carbocycles.